The number of nitrogens with zero attached hydrogens (tertiary/aromatic N) is 3. The summed E-state index contributed by atoms with van der Waals surface area (Å²) < 4.78 is 26.0. The van der Waals surface area contributed by atoms with Gasteiger partial charge in [-0.05, 0) is 37.1 Å². The quantitative estimate of drug-likeness (QED) is 0.514. The Labute approximate surface area is 155 Å². The first kappa shape index (κ1) is 17.5. The minimum Gasteiger partial charge on any atom is -0.372 e. The second-order valence-corrected chi connectivity index (χ2v) is 8.64. The maximum atomic E-state index is 11.9. The van der Waals surface area contributed by atoms with Crippen molar-refractivity contribution in [1.82, 2.24) is 9.55 Å². The van der Waals surface area contributed by atoms with Crippen LogP contribution in [0.3, 0.4) is 0 Å². The van der Waals surface area contributed by atoms with Crippen molar-refractivity contribution in [1.29, 1.82) is 0 Å². The molecule has 27 heavy (non-hydrogen) atoms. The fraction of sp³-hybridized carbons (Fsp3) is 0.278. The van der Waals surface area contributed by atoms with Crippen molar-refractivity contribution in [2.75, 3.05) is 11.6 Å². The molecule has 4 rings (SSSR count). The van der Waals surface area contributed by atoms with Gasteiger partial charge < -0.3 is 9.88 Å². The number of rotatable bonds is 6. The van der Waals surface area contributed by atoms with Gasteiger partial charge in [-0.25, -0.2) is 13.4 Å². The van der Waals surface area contributed by atoms with Gasteiger partial charge in [0, 0.05) is 12.3 Å². The highest BCUT2D eigenvalue weighted by atomic mass is 32.2. The van der Waals surface area contributed by atoms with Crippen LogP contribution in [0.4, 0.5) is 11.4 Å². The van der Waals surface area contributed by atoms with Crippen LogP contribution in [-0.2, 0) is 16.4 Å². The molecule has 1 fully saturated rings. The lowest BCUT2D eigenvalue weighted by Gasteiger charge is -2.11. The summed E-state index contributed by atoms with van der Waals surface area (Å²) in [6, 6.07) is 12.5. The Morgan fingerprint density at radius 1 is 1.22 bits per heavy atom. The predicted octanol–water partition coefficient (Wildman–Crippen LogP) is 3.30. The summed E-state index contributed by atoms with van der Waals surface area (Å²) in [5.41, 5.74) is 1.64. The molecule has 8 nitrogen and oxygen atoms in total. The zero-order valence-electron chi connectivity index (χ0n) is 14.6. The number of benzene rings is 2. The molecule has 0 radical (unpaired) electrons. The minimum atomic E-state index is -3.72. The molecule has 1 aliphatic rings. The first-order valence-electron chi connectivity index (χ1n) is 8.53. The number of hydrogen-bond acceptors (Lipinski definition) is 6. The molecule has 0 saturated heterocycles. The van der Waals surface area contributed by atoms with E-state index in [1.165, 1.54) is 18.2 Å². The number of aromatic nitrogens is 2. The van der Waals surface area contributed by atoms with Gasteiger partial charge in [0.2, 0.25) is 0 Å². The number of sulfone groups is 1. The number of para-hydroxylation sites is 3. The number of nitro benzene ring substituents is 1. The first-order chi connectivity index (χ1) is 12.9. The predicted molar refractivity (Wildman–Crippen MR) is 102 cm³/mol. The molecule has 2 aromatic carbocycles. The highest BCUT2D eigenvalue weighted by molar-refractivity contribution is 7.90. The Morgan fingerprint density at radius 3 is 2.63 bits per heavy atom. The molecule has 1 saturated carbocycles. The smallest absolute Gasteiger partial charge is 0.310 e. The maximum Gasteiger partial charge on any atom is 0.310 e. The fourth-order valence-corrected chi connectivity index (χ4v) is 4.15. The third kappa shape index (κ3) is 3.25. The van der Waals surface area contributed by atoms with Gasteiger partial charge in [-0.15, -0.1) is 0 Å². The van der Waals surface area contributed by atoms with Crippen LogP contribution in [0.15, 0.2) is 47.4 Å². The van der Waals surface area contributed by atoms with Gasteiger partial charge in [-0.2, -0.15) is 0 Å². The standard InChI is InChI=1S/C18H18N4O4S/c1-27(25,26)16-8-4-6-14(18(16)22(23)24)19-11-17-20-13-5-2-3-7-15(13)21(17)12-9-10-12/h2-8,12,19H,9-11H2,1H3. The number of nitrogens with one attached hydrogen (secondary N) is 1. The largest absolute Gasteiger partial charge is 0.372 e. The van der Waals surface area contributed by atoms with E-state index in [-0.39, 0.29) is 17.1 Å². The van der Waals surface area contributed by atoms with E-state index in [1.807, 2.05) is 24.3 Å². The molecule has 9 heteroatoms. The lowest BCUT2D eigenvalue weighted by Crippen LogP contribution is -2.11. The summed E-state index contributed by atoms with van der Waals surface area (Å²) in [4.78, 5) is 15.2. The third-order valence-corrected chi connectivity index (χ3v) is 5.73. The molecule has 0 unspecified atom stereocenters. The second kappa shape index (κ2) is 6.34. The fourth-order valence-electron chi connectivity index (χ4n) is 3.29. The molecule has 1 heterocycles. The number of hydrogen-bond donors (Lipinski definition) is 1. The number of fused-ring (bicyclic) bond motifs is 1. The normalized spacial score (nSPS) is 14.4. The minimum absolute atomic E-state index is 0.164. The van der Waals surface area contributed by atoms with Crippen molar-refractivity contribution < 1.29 is 13.3 Å². The van der Waals surface area contributed by atoms with Gasteiger partial charge in [0.05, 0.1) is 22.5 Å². The van der Waals surface area contributed by atoms with Gasteiger partial charge >= 0.3 is 5.69 Å². The topological polar surface area (TPSA) is 107 Å². The SMILES string of the molecule is CS(=O)(=O)c1cccc(NCc2nc3ccccc3n2C2CC2)c1[N+](=O)[O-]. The van der Waals surface area contributed by atoms with Crippen molar-refractivity contribution in [2.45, 2.75) is 30.3 Å². The average molecular weight is 386 g/mol. The molecule has 0 spiro atoms. The molecule has 1 aromatic heterocycles. The Balaban J connectivity index is 1.72. The van der Waals surface area contributed by atoms with E-state index in [0.717, 1.165) is 36.0 Å². The number of nitro groups is 1. The van der Waals surface area contributed by atoms with Crippen LogP contribution >= 0.6 is 0 Å². The van der Waals surface area contributed by atoms with E-state index in [2.05, 4.69) is 14.9 Å². The molecule has 0 bridgehead atoms. The summed E-state index contributed by atoms with van der Waals surface area (Å²) in [7, 11) is -3.72. The van der Waals surface area contributed by atoms with E-state index in [1.54, 1.807) is 0 Å². The van der Waals surface area contributed by atoms with E-state index in [0.29, 0.717) is 6.04 Å². The molecule has 0 amide bonds. The van der Waals surface area contributed by atoms with Gasteiger partial charge in [0.15, 0.2) is 9.84 Å². The highest BCUT2D eigenvalue weighted by Crippen LogP contribution is 2.39. The first-order valence-corrected chi connectivity index (χ1v) is 10.4. The van der Waals surface area contributed by atoms with Gasteiger partial charge in [-0.1, -0.05) is 18.2 Å². The second-order valence-electron chi connectivity index (χ2n) is 6.65. The molecular weight excluding hydrogens is 368 g/mol. The average Bonchev–Trinajstić information content (AvgIpc) is 3.38. The Bertz CT molecular complexity index is 1150. The lowest BCUT2D eigenvalue weighted by molar-refractivity contribution is -0.386. The molecule has 1 aliphatic carbocycles. The van der Waals surface area contributed by atoms with E-state index < -0.39 is 20.4 Å². The van der Waals surface area contributed by atoms with Crippen LogP contribution in [0, 0.1) is 10.1 Å². The number of anilines is 1. The van der Waals surface area contributed by atoms with E-state index in [9.17, 15) is 18.5 Å². The molecule has 3 aromatic rings. The molecule has 140 valence electrons. The monoisotopic (exact) mass is 386 g/mol. The third-order valence-electron chi connectivity index (χ3n) is 4.60. The summed E-state index contributed by atoms with van der Waals surface area (Å²) in [5, 5.41) is 14.5. The summed E-state index contributed by atoms with van der Waals surface area (Å²) in [6.07, 6.45) is 3.12. The van der Waals surface area contributed by atoms with Crippen molar-refractivity contribution in [2.24, 2.45) is 0 Å². The molecule has 0 aliphatic heterocycles. The van der Waals surface area contributed by atoms with Gasteiger partial charge in [0.25, 0.3) is 0 Å². The van der Waals surface area contributed by atoms with Crippen LogP contribution in [0.5, 0.6) is 0 Å². The summed E-state index contributed by atoms with van der Waals surface area (Å²) in [6.45, 7) is 0.263. The van der Waals surface area contributed by atoms with Crippen LogP contribution in [-0.4, -0.2) is 29.1 Å². The molecule has 0 atom stereocenters. The lowest BCUT2D eigenvalue weighted by atomic mass is 10.2. The molecular formula is C18H18N4O4S. The Kier molecular flexibility index (Phi) is 4.11. The van der Waals surface area contributed by atoms with E-state index >= 15 is 0 Å². The maximum absolute atomic E-state index is 11.9. The van der Waals surface area contributed by atoms with Crippen molar-refractivity contribution in [3.05, 3.63) is 58.4 Å². The van der Waals surface area contributed by atoms with Crippen LogP contribution in [0.2, 0.25) is 0 Å². The van der Waals surface area contributed by atoms with Crippen molar-refractivity contribution in [3.63, 3.8) is 0 Å². The van der Waals surface area contributed by atoms with E-state index in [4.69, 9.17) is 0 Å². The molecule has 1 N–H and O–H groups in total. The van der Waals surface area contributed by atoms with Gasteiger partial charge in [-0.3, -0.25) is 10.1 Å². The van der Waals surface area contributed by atoms with Crippen LogP contribution in [0.25, 0.3) is 11.0 Å². The number of imidazole rings is 1. The summed E-state index contributed by atoms with van der Waals surface area (Å²) in [5.74, 6) is 0.776. The van der Waals surface area contributed by atoms with Gasteiger partial charge in [0.1, 0.15) is 16.4 Å². The zero-order chi connectivity index (χ0) is 19.2. The van der Waals surface area contributed by atoms with Crippen molar-refractivity contribution in [3.8, 4) is 0 Å². The van der Waals surface area contributed by atoms with Crippen LogP contribution < -0.4 is 5.32 Å². The highest BCUT2D eigenvalue weighted by Gasteiger charge is 2.29. The zero-order valence-corrected chi connectivity index (χ0v) is 15.4. The summed E-state index contributed by atoms with van der Waals surface area (Å²) >= 11 is 0. The Morgan fingerprint density at radius 2 is 1.96 bits per heavy atom. The van der Waals surface area contributed by atoms with Crippen LogP contribution in [0.1, 0.15) is 24.7 Å². The Hall–Kier alpha value is -2.94. The van der Waals surface area contributed by atoms with Crippen molar-refractivity contribution >= 4 is 32.2 Å².